The van der Waals surface area contributed by atoms with Crippen molar-refractivity contribution in [2.45, 2.75) is 26.4 Å². The van der Waals surface area contributed by atoms with E-state index in [1.165, 1.54) is 12.1 Å². The zero-order valence-electron chi connectivity index (χ0n) is 11.8. The molecule has 1 nitrogen and oxygen atoms in total. The summed E-state index contributed by atoms with van der Waals surface area (Å²) in [6.07, 6.45) is -4.25. The van der Waals surface area contributed by atoms with Gasteiger partial charge in [0.2, 0.25) is 0 Å². The molecule has 0 spiro atoms. The van der Waals surface area contributed by atoms with Gasteiger partial charge in [0.1, 0.15) is 0 Å². The van der Waals surface area contributed by atoms with Crippen molar-refractivity contribution >= 4 is 5.78 Å². The molecule has 2 aromatic rings. The van der Waals surface area contributed by atoms with E-state index in [9.17, 15) is 18.0 Å². The van der Waals surface area contributed by atoms with Crippen molar-refractivity contribution in [3.63, 3.8) is 0 Å². The normalized spacial score (nSPS) is 11.5. The number of rotatable bonds is 3. The van der Waals surface area contributed by atoms with Crippen LogP contribution in [0, 0.1) is 13.8 Å². The molecule has 0 aromatic heterocycles. The lowest BCUT2D eigenvalue weighted by atomic mass is 9.99. The topological polar surface area (TPSA) is 17.1 Å². The quantitative estimate of drug-likeness (QED) is 0.746. The predicted octanol–water partition coefficient (Wildman–Crippen LogP) is 4.75. The number of aryl methyl sites for hydroxylation is 2. The average Bonchev–Trinajstić information content (AvgIpc) is 2.41. The third-order valence-corrected chi connectivity index (χ3v) is 3.47. The van der Waals surface area contributed by atoms with Crippen molar-refractivity contribution in [3.05, 3.63) is 70.3 Å². The summed E-state index contributed by atoms with van der Waals surface area (Å²) in [5.74, 6) is -0.0992. The van der Waals surface area contributed by atoms with Crippen LogP contribution in [0.1, 0.15) is 32.6 Å². The molecule has 4 heteroatoms. The van der Waals surface area contributed by atoms with E-state index in [2.05, 4.69) is 0 Å². The van der Waals surface area contributed by atoms with Gasteiger partial charge in [-0.15, -0.1) is 0 Å². The fraction of sp³-hybridized carbons (Fsp3) is 0.235. The van der Waals surface area contributed by atoms with Crippen LogP contribution in [0.3, 0.4) is 0 Å². The smallest absolute Gasteiger partial charge is 0.294 e. The van der Waals surface area contributed by atoms with Crippen LogP contribution < -0.4 is 0 Å². The zero-order valence-corrected chi connectivity index (χ0v) is 11.8. The predicted molar refractivity (Wildman–Crippen MR) is 75.4 cm³/mol. The Morgan fingerprint density at radius 2 is 1.57 bits per heavy atom. The molecule has 0 N–H and O–H groups in total. The Bertz CT molecular complexity index is 655. The highest BCUT2D eigenvalue weighted by molar-refractivity contribution is 5.97. The zero-order chi connectivity index (χ0) is 15.6. The number of alkyl halides is 3. The lowest BCUT2D eigenvalue weighted by Crippen LogP contribution is -2.07. The molecular formula is C17H15F3O. The van der Waals surface area contributed by atoms with Gasteiger partial charge in [0, 0.05) is 12.0 Å². The molecule has 0 saturated heterocycles. The van der Waals surface area contributed by atoms with Crippen molar-refractivity contribution in [1.29, 1.82) is 0 Å². The van der Waals surface area contributed by atoms with Gasteiger partial charge in [0.05, 0.1) is 5.56 Å². The summed E-state index contributed by atoms with van der Waals surface area (Å²) in [7, 11) is 0. The van der Waals surface area contributed by atoms with E-state index in [4.69, 9.17) is 0 Å². The van der Waals surface area contributed by atoms with Gasteiger partial charge in [0.15, 0.2) is 5.78 Å². The first kappa shape index (κ1) is 15.3. The number of carbonyl (C=O) groups is 1. The molecule has 0 aliphatic rings. The number of ketones is 1. The van der Waals surface area contributed by atoms with Crippen molar-refractivity contribution in [2.24, 2.45) is 0 Å². The first-order valence-electron chi connectivity index (χ1n) is 6.54. The Morgan fingerprint density at radius 1 is 0.952 bits per heavy atom. The average molecular weight is 292 g/mol. The largest absolute Gasteiger partial charge is 0.416 e. The molecule has 0 heterocycles. The monoisotopic (exact) mass is 292 g/mol. The van der Waals surface area contributed by atoms with E-state index < -0.39 is 11.7 Å². The first-order chi connectivity index (χ1) is 9.77. The molecule has 110 valence electrons. The van der Waals surface area contributed by atoms with Gasteiger partial charge < -0.3 is 0 Å². The van der Waals surface area contributed by atoms with Crippen molar-refractivity contribution in [3.8, 4) is 0 Å². The molecule has 0 aliphatic heterocycles. The number of hydrogen-bond donors (Lipinski definition) is 0. The van der Waals surface area contributed by atoms with Gasteiger partial charge in [-0.2, -0.15) is 13.2 Å². The molecule has 0 fully saturated rings. The van der Waals surface area contributed by atoms with E-state index in [0.29, 0.717) is 11.1 Å². The molecule has 0 atom stereocenters. The van der Waals surface area contributed by atoms with Crippen LogP contribution in [0.5, 0.6) is 0 Å². The molecule has 0 aliphatic carbocycles. The Hall–Kier alpha value is -2.10. The lowest BCUT2D eigenvalue weighted by molar-refractivity contribution is -0.137. The molecule has 0 radical (unpaired) electrons. The number of benzene rings is 2. The van der Waals surface area contributed by atoms with Crippen LogP contribution >= 0.6 is 0 Å². The summed E-state index contributed by atoms with van der Waals surface area (Å²) in [5.41, 5.74) is 2.57. The van der Waals surface area contributed by atoms with E-state index >= 15 is 0 Å². The second-order valence-corrected chi connectivity index (χ2v) is 5.09. The molecule has 21 heavy (non-hydrogen) atoms. The number of Topliss-reactive ketones (excluding diaryl/α,β-unsaturated/α-hetero) is 1. The third kappa shape index (κ3) is 3.72. The highest BCUT2D eigenvalue weighted by Crippen LogP contribution is 2.29. The highest BCUT2D eigenvalue weighted by Gasteiger charge is 2.29. The minimum absolute atomic E-state index is 0.0979. The van der Waals surface area contributed by atoms with Crippen LogP contribution in [0.25, 0.3) is 0 Å². The Labute approximate surface area is 121 Å². The summed E-state index contributed by atoms with van der Waals surface area (Å²) in [5, 5.41) is 0. The van der Waals surface area contributed by atoms with Crippen LogP contribution in [0.15, 0.2) is 42.5 Å². The van der Waals surface area contributed by atoms with Gasteiger partial charge >= 0.3 is 6.18 Å². The highest BCUT2D eigenvalue weighted by atomic mass is 19.4. The fourth-order valence-electron chi connectivity index (χ4n) is 2.01. The molecule has 2 aromatic carbocycles. The molecule has 2 rings (SSSR count). The van der Waals surface area contributed by atoms with E-state index in [1.54, 1.807) is 6.07 Å². The number of halogens is 3. The van der Waals surface area contributed by atoms with Gasteiger partial charge in [-0.05, 0) is 48.7 Å². The summed E-state index contributed by atoms with van der Waals surface area (Å²) in [6.45, 7) is 3.88. The minimum atomic E-state index is -4.35. The third-order valence-electron chi connectivity index (χ3n) is 3.47. The summed E-state index contributed by atoms with van der Waals surface area (Å²) in [6, 6.07) is 10.1. The first-order valence-corrected chi connectivity index (χ1v) is 6.54. The molecule has 0 unspecified atom stereocenters. The van der Waals surface area contributed by atoms with E-state index in [0.717, 1.165) is 23.3 Å². The molecular weight excluding hydrogens is 277 g/mol. The van der Waals surface area contributed by atoms with Crippen molar-refractivity contribution in [1.82, 2.24) is 0 Å². The number of carbonyl (C=O) groups excluding carboxylic acids is 1. The van der Waals surface area contributed by atoms with Crippen molar-refractivity contribution < 1.29 is 18.0 Å². The summed E-state index contributed by atoms with van der Waals surface area (Å²) >= 11 is 0. The fourth-order valence-corrected chi connectivity index (χ4v) is 2.01. The van der Waals surface area contributed by atoms with Gasteiger partial charge in [-0.1, -0.05) is 24.3 Å². The van der Waals surface area contributed by atoms with E-state index in [1.807, 2.05) is 26.0 Å². The van der Waals surface area contributed by atoms with Crippen molar-refractivity contribution in [2.75, 3.05) is 0 Å². The maximum Gasteiger partial charge on any atom is 0.416 e. The van der Waals surface area contributed by atoms with Crippen LogP contribution in [-0.2, 0) is 12.6 Å². The second kappa shape index (κ2) is 5.72. The second-order valence-electron chi connectivity index (χ2n) is 5.09. The van der Waals surface area contributed by atoms with Gasteiger partial charge in [-0.25, -0.2) is 0 Å². The van der Waals surface area contributed by atoms with E-state index in [-0.39, 0.29) is 12.2 Å². The Morgan fingerprint density at radius 3 is 2.10 bits per heavy atom. The SMILES string of the molecule is Cc1ccc(C(=O)Cc2ccc(C(F)(F)F)cc2)cc1C. The standard InChI is InChI=1S/C17H15F3O/c1-11-3-6-14(9-12(11)2)16(21)10-13-4-7-15(8-5-13)17(18,19)20/h3-9H,10H2,1-2H3. The maximum absolute atomic E-state index is 12.5. The van der Waals surface area contributed by atoms with Crippen LogP contribution in [-0.4, -0.2) is 5.78 Å². The molecule has 0 bridgehead atoms. The lowest BCUT2D eigenvalue weighted by Gasteiger charge is -2.08. The summed E-state index contributed by atoms with van der Waals surface area (Å²) < 4.78 is 37.4. The Balaban J connectivity index is 2.14. The molecule has 0 saturated carbocycles. The maximum atomic E-state index is 12.5. The number of hydrogen-bond acceptors (Lipinski definition) is 1. The van der Waals surface area contributed by atoms with Gasteiger partial charge in [0.25, 0.3) is 0 Å². The Kier molecular flexibility index (Phi) is 4.16. The minimum Gasteiger partial charge on any atom is -0.294 e. The summed E-state index contributed by atoms with van der Waals surface area (Å²) in [4.78, 5) is 12.1. The van der Waals surface area contributed by atoms with Crippen LogP contribution in [0.4, 0.5) is 13.2 Å². The van der Waals surface area contributed by atoms with Crippen LogP contribution in [0.2, 0.25) is 0 Å². The van der Waals surface area contributed by atoms with Gasteiger partial charge in [-0.3, -0.25) is 4.79 Å². The molecule has 0 amide bonds.